The molecule has 2 aromatic rings. The monoisotopic (exact) mass is 250 g/mol. The lowest BCUT2D eigenvalue weighted by Crippen LogP contribution is -1.88. The molecule has 0 aliphatic heterocycles. The molecule has 1 heterocycles. The molecular weight excluding hydrogens is 239 g/mol. The van der Waals surface area contributed by atoms with Crippen LogP contribution in [0.1, 0.15) is 12.8 Å². The Kier molecular flexibility index (Phi) is 2.55. The van der Waals surface area contributed by atoms with Crippen LogP contribution < -0.4 is 5.73 Å². The first-order valence-corrected chi connectivity index (χ1v) is 6.29. The number of nitrogen functional groups attached to an aromatic ring is 1. The quantitative estimate of drug-likeness (QED) is 0.907. The van der Waals surface area contributed by atoms with Crippen LogP contribution in [0.4, 0.5) is 10.3 Å². The van der Waals surface area contributed by atoms with Gasteiger partial charge in [-0.05, 0) is 30.5 Å². The smallest absolute Gasteiger partial charge is 0.229 e. The van der Waals surface area contributed by atoms with Gasteiger partial charge in [0.05, 0.1) is 11.8 Å². The zero-order valence-electron chi connectivity index (χ0n) is 9.02. The Balaban J connectivity index is 1.92. The molecule has 0 radical (unpaired) electrons. The second-order valence-electron chi connectivity index (χ2n) is 4.07. The molecule has 1 aliphatic rings. The maximum atomic E-state index is 13.8. The van der Waals surface area contributed by atoms with Crippen molar-refractivity contribution >= 4 is 17.6 Å². The largest absolute Gasteiger partial charge is 0.367 e. The summed E-state index contributed by atoms with van der Waals surface area (Å²) in [6, 6.07) is 5.12. The van der Waals surface area contributed by atoms with Gasteiger partial charge in [-0.3, -0.25) is 0 Å². The highest BCUT2D eigenvalue weighted by molar-refractivity contribution is 8.00. The van der Waals surface area contributed by atoms with Crippen molar-refractivity contribution in [3.8, 4) is 11.1 Å². The summed E-state index contributed by atoms with van der Waals surface area (Å²) in [5.74, 6) is 0.00648. The molecule has 0 bridgehead atoms. The van der Waals surface area contributed by atoms with Gasteiger partial charge in [-0.25, -0.2) is 4.39 Å². The van der Waals surface area contributed by atoms with Crippen molar-refractivity contribution in [1.82, 2.24) is 5.16 Å². The van der Waals surface area contributed by atoms with Gasteiger partial charge in [-0.1, -0.05) is 11.2 Å². The highest BCUT2D eigenvalue weighted by Gasteiger charge is 2.24. The molecule has 3 nitrogen and oxygen atoms in total. The Hall–Kier alpha value is -1.49. The van der Waals surface area contributed by atoms with E-state index in [0.717, 1.165) is 0 Å². The van der Waals surface area contributed by atoms with E-state index < -0.39 is 0 Å². The van der Waals surface area contributed by atoms with Crippen molar-refractivity contribution < 1.29 is 8.91 Å². The molecule has 0 spiro atoms. The fourth-order valence-electron chi connectivity index (χ4n) is 1.59. The van der Waals surface area contributed by atoms with E-state index in [1.54, 1.807) is 17.8 Å². The Morgan fingerprint density at radius 1 is 1.41 bits per heavy atom. The summed E-state index contributed by atoms with van der Waals surface area (Å²) >= 11 is 1.60. The molecule has 2 N–H and O–H groups in total. The second kappa shape index (κ2) is 4.07. The molecule has 17 heavy (non-hydrogen) atoms. The first-order valence-electron chi connectivity index (χ1n) is 5.41. The predicted octanol–water partition coefficient (Wildman–Crippen LogP) is 3.32. The standard InChI is InChI=1S/C12H11FN2OS/c13-10-5-7(9-6-15-16-12(9)14)1-4-11(10)17-8-2-3-8/h1,4-6,8H,2-3,14H2. The van der Waals surface area contributed by atoms with E-state index in [1.807, 2.05) is 6.07 Å². The first-order chi connectivity index (χ1) is 8.24. The van der Waals surface area contributed by atoms with Crippen molar-refractivity contribution in [3.05, 3.63) is 30.2 Å². The number of hydrogen-bond donors (Lipinski definition) is 1. The van der Waals surface area contributed by atoms with Crippen LogP contribution >= 0.6 is 11.8 Å². The molecule has 1 aromatic heterocycles. The fraction of sp³-hybridized carbons (Fsp3) is 0.250. The molecule has 88 valence electrons. The number of anilines is 1. The number of nitrogens with zero attached hydrogens (tertiary/aromatic N) is 1. The normalized spacial score (nSPS) is 15.1. The lowest BCUT2D eigenvalue weighted by molar-refractivity contribution is 0.436. The molecule has 5 heteroatoms. The summed E-state index contributed by atoms with van der Waals surface area (Å²) in [6.07, 6.45) is 3.87. The Labute approximate surface area is 102 Å². The van der Waals surface area contributed by atoms with Crippen molar-refractivity contribution in [2.24, 2.45) is 0 Å². The highest BCUT2D eigenvalue weighted by atomic mass is 32.2. The summed E-state index contributed by atoms with van der Waals surface area (Å²) in [6.45, 7) is 0. The maximum absolute atomic E-state index is 13.8. The zero-order chi connectivity index (χ0) is 11.8. The van der Waals surface area contributed by atoms with Gasteiger partial charge in [0.15, 0.2) is 0 Å². The number of benzene rings is 1. The number of thioether (sulfide) groups is 1. The van der Waals surface area contributed by atoms with Gasteiger partial charge >= 0.3 is 0 Å². The molecule has 1 aliphatic carbocycles. The van der Waals surface area contributed by atoms with Crippen LogP contribution in [-0.4, -0.2) is 10.4 Å². The van der Waals surface area contributed by atoms with Crippen LogP contribution in [0.5, 0.6) is 0 Å². The minimum absolute atomic E-state index is 0.208. The van der Waals surface area contributed by atoms with Crippen LogP contribution in [0.3, 0.4) is 0 Å². The summed E-state index contributed by atoms with van der Waals surface area (Å²) in [7, 11) is 0. The minimum Gasteiger partial charge on any atom is -0.367 e. The molecular formula is C12H11FN2OS. The maximum Gasteiger partial charge on any atom is 0.229 e. The molecule has 3 rings (SSSR count). The molecule has 0 atom stereocenters. The summed E-state index contributed by atoms with van der Waals surface area (Å²) in [5.41, 5.74) is 6.92. The average molecular weight is 250 g/mol. The van der Waals surface area contributed by atoms with Gasteiger partial charge in [0.1, 0.15) is 5.82 Å². The van der Waals surface area contributed by atoms with Gasteiger partial charge in [-0.15, -0.1) is 11.8 Å². The van der Waals surface area contributed by atoms with E-state index in [4.69, 9.17) is 10.3 Å². The third-order valence-electron chi connectivity index (χ3n) is 2.66. The van der Waals surface area contributed by atoms with Crippen LogP contribution in [-0.2, 0) is 0 Å². The van der Waals surface area contributed by atoms with E-state index >= 15 is 0 Å². The Morgan fingerprint density at radius 2 is 2.24 bits per heavy atom. The van der Waals surface area contributed by atoms with E-state index in [0.29, 0.717) is 21.3 Å². The number of rotatable bonds is 3. The van der Waals surface area contributed by atoms with Crippen molar-refractivity contribution in [3.63, 3.8) is 0 Å². The van der Waals surface area contributed by atoms with Gasteiger partial charge in [0.2, 0.25) is 5.88 Å². The first kappa shape index (κ1) is 10.7. The van der Waals surface area contributed by atoms with Crippen LogP contribution in [0.25, 0.3) is 11.1 Å². The predicted molar refractivity (Wildman–Crippen MR) is 65.2 cm³/mol. The molecule has 1 aromatic carbocycles. The van der Waals surface area contributed by atoms with E-state index in [2.05, 4.69) is 5.16 Å². The Morgan fingerprint density at radius 3 is 2.82 bits per heavy atom. The third kappa shape index (κ3) is 2.15. The SMILES string of the molecule is Nc1oncc1-c1ccc(SC2CC2)c(F)c1. The zero-order valence-corrected chi connectivity index (χ0v) is 9.84. The fourth-order valence-corrected chi connectivity index (χ4v) is 2.64. The molecule has 1 saturated carbocycles. The van der Waals surface area contributed by atoms with E-state index in [9.17, 15) is 4.39 Å². The van der Waals surface area contributed by atoms with E-state index in [-0.39, 0.29) is 11.7 Å². The molecule has 1 fully saturated rings. The molecule has 0 amide bonds. The van der Waals surface area contributed by atoms with Crippen LogP contribution in [0.15, 0.2) is 33.8 Å². The van der Waals surface area contributed by atoms with Gasteiger partial charge in [-0.2, -0.15) is 0 Å². The minimum atomic E-state index is -0.208. The molecule has 0 saturated heterocycles. The highest BCUT2D eigenvalue weighted by Crippen LogP contribution is 2.41. The average Bonchev–Trinajstić information content (AvgIpc) is 3.02. The van der Waals surface area contributed by atoms with Crippen molar-refractivity contribution in [1.29, 1.82) is 0 Å². The third-order valence-corrected chi connectivity index (χ3v) is 4.05. The molecule has 0 unspecified atom stereocenters. The lowest BCUT2D eigenvalue weighted by atomic mass is 10.1. The van der Waals surface area contributed by atoms with E-state index in [1.165, 1.54) is 25.1 Å². The summed E-state index contributed by atoms with van der Waals surface area (Å²) in [4.78, 5) is 0.700. The van der Waals surface area contributed by atoms with Gasteiger partial charge in [0.25, 0.3) is 0 Å². The number of hydrogen-bond acceptors (Lipinski definition) is 4. The number of nitrogens with two attached hydrogens (primary N) is 1. The van der Waals surface area contributed by atoms with Crippen LogP contribution in [0, 0.1) is 5.82 Å². The number of halogens is 1. The second-order valence-corrected chi connectivity index (χ2v) is 5.41. The summed E-state index contributed by atoms with van der Waals surface area (Å²) in [5, 5.41) is 4.17. The lowest BCUT2D eigenvalue weighted by Gasteiger charge is -2.04. The summed E-state index contributed by atoms with van der Waals surface area (Å²) < 4.78 is 18.6. The van der Waals surface area contributed by atoms with Gasteiger partial charge < -0.3 is 10.3 Å². The Bertz CT molecular complexity index is 551. The van der Waals surface area contributed by atoms with Crippen molar-refractivity contribution in [2.75, 3.05) is 5.73 Å². The number of aromatic nitrogens is 1. The van der Waals surface area contributed by atoms with Gasteiger partial charge in [0, 0.05) is 10.1 Å². The van der Waals surface area contributed by atoms with Crippen molar-refractivity contribution in [2.45, 2.75) is 23.0 Å². The van der Waals surface area contributed by atoms with Crippen LogP contribution in [0.2, 0.25) is 0 Å². The topological polar surface area (TPSA) is 52.0 Å².